The third-order valence-corrected chi connectivity index (χ3v) is 4.81. The molecular weight excluding hydrogens is 386 g/mol. The molecule has 1 fully saturated rings. The maximum absolute atomic E-state index is 12.4. The summed E-state index contributed by atoms with van der Waals surface area (Å²) in [5.41, 5.74) is 0.636. The van der Waals surface area contributed by atoms with Crippen molar-refractivity contribution >= 4 is 12.0 Å². The fourth-order valence-electron chi connectivity index (χ4n) is 3.29. The first-order valence-corrected chi connectivity index (χ1v) is 10.4. The Balaban J connectivity index is 1.69. The molecule has 8 nitrogen and oxygen atoms in total. The van der Waals surface area contributed by atoms with Crippen LogP contribution in [0.1, 0.15) is 39.2 Å². The number of hydrogen-bond donors (Lipinski definition) is 1. The third kappa shape index (κ3) is 7.74. The lowest BCUT2D eigenvalue weighted by molar-refractivity contribution is -0.133. The Kier molecular flexibility index (Phi) is 8.77. The van der Waals surface area contributed by atoms with Gasteiger partial charge in [-0.05, 0) is 44.9 Å². The minimum Gasteiger partial charge on any atom is -0.493 e. The molecule has 0 radical (unpaired) electrons. The van der Waals surface area contributed by atoms with Gasteiger partial charge in [0, 0.05) is 45.7 Å². The molecule has 30 heavy (non-hydrogen) atoms. The monoisotopic (exact) mass is 421 g/mol. The minimum atomic E-state index is -0.517. The van der Waals surface area contributed by atoms with Crippen LogP contribution in [0, 0.1) is 0 Å². The Morgan fingerprint density at radius 2 is 1.70 bits per heavy atom. The van der Waals surface area contributed by atoms with Crippen molar-refractivity contribution in [3.05, 3.63) is 23.8 Å². The number of carbonyl (C=O) groups excluding carboxylic acids is 2. The average Bonchev–Trinajstić information content (AvgIpc) is 2.70. The number of methoxy groups -OCH3 is 2. The Morgan fingerprint density at radius 3 is 2.30 bits per heavy atom. The van der Waals surface area contributed by atoms with Gasteiger partial charge in [0.2, 0.25) is 5.91 Å². The predicted molar refractivity (Wildman–Crippen MR) is 115 cm³/mol. The molecule has 0 spiro atoms. The van der Waals surface area contributed by atoms with Crippen LogP contribution in [0.15, 0.2) is 18.2 Å². The second-order valence-electron chi connectivity index (χ2n) is 8.38. The summed E-state index contributed by atoms with van der Waals surface area (Å²) in [6.07, 6.45) is 0.578. The summed E-state index contributed by atoms with van der Waals surface area (Å²) < 4.78 is 15.8. The number of carbonyl (C=O) groups is 2. The highest BCUT2D eigenvalue weighted by Gasteiger charge is 2.21. The van der Waals surface area contributed by atoms with Crippen molar-refractivity contribution in [2.75, 3.05) is 46.9 Å². The van der Waals surface area contributed by atoms with E-state index in [2.05, 4.69) is 10.2 Å². The lowest BCUT2D eigenvalue weighted by Gasteiger charge is -2.35. The van der Waals surface area contributed by atoms with Crippen LogP contribution in [0.4, 0.5) is 4.79 Å². The molecule has 0 aromatic heterocycles. The molecule has 0 saturated carbocycles. The number of benzene rings is 1. The predicted octanol–water partition coefficient (Wildman–Crippen LogP) is 2.65. The van der Waals surface area contributed by atoms with Gasteiger partial charge in [-0.15, -0.1) is 0 Å². The number of amides is 2. The van der Waals surface area contributed by atoms with E-state index in [-0.39, 0.29) is 5.91 Å². The molecule has 1 N–H and O–H groups in total. The SMILES string of the molecule is COc1ccc(CN2CCN(C(=O)CCCNC(=O)OC(C)(C)C)CC2)cc1OC. The fraction of sp³-hybridized carbons (Fsp3) is 0.636. The molecule has 0 bridgehead atoms. The standard InChI is InChI=1S/C22H35N3O5/c1-22(2,3)30-21(27)23-10-6-7-20(26)25-13-11-24(12-14-25)16-17-8-9-18(28-4)19(15-17)29-5/h8-9,15H,6-7,10-14,16H2,1-5H3,(H,23,27). The Morgan fingerprint density at radius 1 is 1.03 bits per heavy atom. The van der Waals surface area contributed by atoms with Gasteiger partial charge in [-0.3, -0.25) is 9.69 Å². The van der Waals surface area contributed by atoms with Gasteiger partial charge in [-0.25, -0.2) is 4.79 Å². The van der Waals surface area contributed by atoms with Crippen molar-refractivity contribution in [2.45, 2.75) is 45.8 Å². The normalized spacial score (nSPS) is 14.9. The molecule has 0 atom stereocenters. The van der Waals surface area contributed by atoms with Gasteiger partial charge in [0.05, 0.1) is 14.2 Å². The van der Waals surface area contributed by atoms with E-state index in [0.717, 1.165) is 36.7 Å². The minimum absolute atomic E-state index is 0.131. The quantitative estimate of drug-likeness (QED) is 0.650. The molecular formula is C22H35N3O5. The lowest BCUT2D eigenvalue weighted by Crippen LogP contribution is -2.48. The second-order valence-corrected chi connectivity index (χ2v) is 8.38. The second kappa shape index (κ2) is 11.1. The van der Waals surface area contributed by atoms with Crippen molar-refractivity contribution in [1.82, 2.24) is 15.1 Å². The highest BCUT2D eigenvalue weighted by atomic mass is 16.6. The molecule has 2 amide bonds. The third-order valence-electron chi connectivity index (χ3n) is 4.81. The fourth-order valence-corrected chi connectivity index (χ4v) is 3.29. The van der Waals surface area contributed by atoms with E-state index in [4.69, 9.17) is 14.2 Å². The lowest BCUT2D eigenvalue weighted by atomic mass is 10.1. The molecule has 1 aromatic carbocycles. The molecule has 1 saturated heterocycles. The molecule has 2 rings (SSSR count). The Bertz CT molecular complexity index is 709. The molecule has 1 heterocycles. The van der Waals surface area contributed by atoms with E-state index < -0.39 is 11.7 Å². The summed E-state index contributed by atoms with van der Waals surface area (Å²) in [6, 6.07) is 5.95. The zero-order chi connectivity index (χ0) is 22.1. The maximum atomic E-state index is 12.4. The van der Waals surface area contributed by atoms with E-state index >= 15 is 0 Å². The number of alkyl carbamates (subject to hydrolysis) is 1. The van der Waals surface area contributed by atoms with Gasteiger partial charge in [-0.2, -0.15) is 0 Å². The number of ether oxygens (including phenoxy) is 3. The van der Waals surface area contributed by atoms with Crippen LogP contribution in [0.2, 0.25) is 0 Å². The highest BCUT2D eigenvalue weighted by molar-refractivity contribution is 5.76. The molecule has 0 aliphatic carbocycles. The highest BCUT2D eigenvalue weighted by Crippen LogP contribution is 2.28. The van der Waals surface area contributed by atoms with E-state index in [1.165, 1.54) is 0 Å². The first-order chi connectivity index (χ1) is 14.2. The van der Waals surface area contributed by atoms with Crippen molar-refractivity contribution in [3.63, 3.8) is 0 Å². The van der Waals surface area contributed by atoms with Crippen molar-refractivity contribution in [2.24, 2.45) is 0 Å². The van der Waals surface area contributed by atoms with Crippen LogP contribution >= 0.6 is 0 Å². The van der Waals surface area contributed by atoms with Crippen LogP contribution in [0.5, 0.6) is 11.5 Å². The van der Waals surface area contributed by atoms with Gasteiger partial charge in [-0.1, -0.05) is 6.07 Å². The largest absolute Gasteiger partial charge is 0.493 e. The van der Waals surface area contributed by atoms with Crippen LogP contribution in [-0.4, -0.2) is 74.3 Å². The number of hydrogen-bond acceptors (Lipinski definition) is 6. The summed E-state index contributed by atoms with van der Waals surface area (Å²) in [5, 5.41) is 2.69. The first kappa shape index (κ1) is 23.8. The van der Waals surface area contributed by atoms with Crippen LogP contribution in [0.3, 0.4) is 0 Å². The van der Waals surface area contributed by atoms with E-state index in [0.29, 0.717) is 32.5 Å². The van der Waals surface area contributed by atoms with E-state index in [9.17, 15) is 9.59 Å². The average molecular weight is 422 g/mol. The van der Waals surface area contributed by atoms with Gasteiger partial charge in [0.1, 0.15) is 5.60 Å². The van der Waals surface area contributed by atoms with Gasteiger partial charge in [0.15, 0.2) is 11.5 Å². The van der Waals surface area contributed by atoms with Crippen molar-refractivity contribution in [3.8, 4) is 11.5 Å². The van der Waals surface area contributed by atoms with Gasteiger partial charge >= 0.3 is 6.09 Å². The topological polar surface area (TPSA) is 80.3 Å². The molecule has 0 unspecified atom stereocenters. The Labute approximate surface area is 179 Å². The number of rotatable bonds is 8. The molecule has 8 heteroatoms. The summed E-state index contributed by atoms with van der Waals surface area (Å²) in [5.74, 6) is 1.58. The van der Waals surface area contributed by atoms with Crippen LogP contribution in [0.25, 0.3) is 0 Å². The van der Waals surface area contributed by atoms with Crippen molar-refractivity contribution in [1.29, 1.82) is 0 Å². The van der Waals surface area contributed by atoms with Crippen molar-refractivity contribution < 1.29 is 23.8 Å². The zero-order valence-electron chi connectivity index (χ0n) is 18.8. The summed E-state index contributed by atoms with van der Waals surface area (Å²) >= 11 is 0. The van der Waals surface area contributed by atoms with Gasteiger partial charge < -0.3 is 24.4 Å². The Hall–Kier alpha value is -2.48. The van der Waals surface area contributed by atoms with E-state index in [1.807, 2.05) is 43.9 Å². The zero-order valence-corrected chi connectivity index (χ0v) is 18.8. The number of nitrogens with zero attached hydrogens (tertiary/aromatic N) is 2. The smallest absolute Gasteiger partial charge is 0.407 e. The van der Waals surface area contributed by atoms with Crippen LogP contribution in [-0.2, 0) is 16.1 Å². The molecule has 168 valence electrons. The molecule has 1 aromatic rings. The number of piperazine rings is 1. The van der Waals surface area contributed by atoms with E-state index in [1.54, 1.807) is 14.2 Å². The summed E-state index contributed by atoms with van der Waals surface area (Å²) in [4.78, 5) is 28.3. The summed E-state index contributed by atoms with van der Waals surface area (Å²) in [7, 11) is 3.26. The number of nitrogens with one attached hydrogen (secondary N) is 1. The van der Waals surface area contributed by atoms with Gasteiger partial charge in [0.25, 0.3) is 0 Å². The maximum Gasteiger partial charge on any atom is 0.407 e. The van der Waals surface area contributed by atoms with Crippen LogP contribution < -0.4 is 14.8 Å². The molecule has 1 aliphatic heterocycles. The summed E-state index contributed by atoms with van der Waals surface area (Å²) in [6.45, 7) is 9.79. The molecule has 1 aliphatic rings. The first-order valence-electron chi connectivity index (χ1n) is 10.4.